The molecule has 0 unspecified atom stereocenters. The highest BCUT2D eigenvalue weighted by Gasteiger charge is 2.01. The zero-order valence-corrected chi connectivity index (χ0v) is 13.6. The molecule has 2 aromatic heterocycles. The topological polar surface area (TPSA) is 110 Å². The van der Waals surface area contributed by atoms with Gasteiger partial charge in [-0.05, 0) is 36.4 Å². The van der Waals surface area contributed by atoms with Crippen molar-refractivity contribution >= 4 is 17.3 Å². The maximum absolute atomic E-state index is 10.1. The summed E-state index contributed by atoms with van der Waals surface area (Å²) in [5.74, 6) is 0.463. The van der Waals surface area contributed by atoms with E-state index in [1.165, 1.54) is 12.3 Å². The van der Waals surface area contributed by atoms with Gasteiger partial charge in [0.25, 0.3) is 0 Å². The van der Waals surface area contributed by atoms with Gasteiger partial charge in [-0.1, -0.05) is 6.07 Å². The molecule has 1 aromatic carbocycles. The molecule has 0 aliphatic rings. The maximum Gasteiger partial charge on any atom is 0.354 e. The van der Waals surface area contributed by atoms with E-state index in [0.717, 1.165) is 11.4 Å². The molecule has 0 atom stereocenters. The summed E-state index contributed by atoms with van der Waals surface area (Å²) in [4.78, 5) is 17.6. The summed E-state index contributed by atoms with van der Waals surface area (Å²) in [5, 5.41) is 11.3. The SMILES string of the molecule is CNc1ccc(Oc2ccncc2)cc1N.O=C(O)c1ccccn1. The first-order chi connectivity index (χ1) is 12.1. The molecule has 0 bridgehead atoms. The fourth-order valence-corrected chi connectivity index (χ4v) is 1.86. The average molecular weight is 338 g/mol. The van der Waals surface area contributed by atoms with Crippen molar-refractivity contribution in [3.63, 3.8) is 0 Å². The zero-order valence-electron chi connectivity index (χ0n) is 13.6. The Morgan fingerprint density at radius 2 is 1.84 bits per heavy atom. The number of pyridine rings is 2. The molecule has 4 N–H and O–H groups in total. The van der Waals surface area contributed by atoms with Crippen molar-refractivity contribution in [1.29, 1.82) is 0 Å². The van der Waals surface area contributed by atoms with Crippen molar-refractivity contribution in [1.82, 2.24) is 9.97 Å². The number of nitrogens with one attached hydrogen (secondary N) is 1. The monoisotopic (exact) mass is 338 g/mol. The highest BCUT2D eigenvalue weighted by Crippen LogP contribution is 2.27. The van der Waals surface area contributed by atoms with Gasteiger partial charge >= 0.3 is 5.97 Å². The van der Waals surface area contributed by atoms with Crippen LogP contribution in [0.15, 0.2) is 67.1 Å². The molecule has 25 heavy (non-hydrogen) atoms. The minimum Gasteiger partial charge on any atom is -0.477 e. The number of rotatable bonds is 4. The van der Waals surface area contributed by atoms with Crippen LogP contribution in [0.1, 0.15) is 10.5 Å². The van der Waals surface area contributed by atoms with E-state index in [4.69, 9.17) is 15.6 Å². The largest absolute Gasteiger partial charge is 0.477 e. The van der Waals surface area contributed by atoms with E-state index in [1.807, 2.05) is 19.2 Å². The van der Waals surface area contributed by atoms with Gasteiger partial charge in [0.1, 0.15) is 17.2 Å². The van der Waals surface area contributed by atoms with Gasteiger partial charge in [-0.2, -0.15) is 0 Å². The van der Waals surface area contributed by atoms with Crippen LogP contribution in [0.25, 0.3) is 0 Å². The highest BCUT2D eigenvalue weighted by molar-refractivity contribution is 5.85. The van der Waals surface area contributed by atoms with E-state index in [2.05, 4.69) is 15.3 Å². The van der Waals surface area contributed by atoms with Crippen molar-refractivity contribution in [2.24, 2.45) is 0 Å². The molecule has 0 aliphatic carbocycles. The van der Waals surface area contributed by atoms with Crippen molar-refractivity contribution in [3.8, 4) is 11.5 Å². The van der Waals surface area contributed by atoms with Crippen molar-refractivity contribution in [3.05, 3.63) is 72.8 Å². The van der Waals surface area contributed by atoms with Crippen LogP contribution in [0.2, 0.25) is 0 Å². The Bertz CT molecular complexity index is 811. The van der Waals surface area contributed by atoms with E-state index in [1.54, 1.807) is 42.7 Å². The van der Waals surface area contributed by atoms with E-state index in [9.17, 15) is 4.79 Å². The second-order valence-corrected chi connectivity index (χ2v) is 4.80. The lowest BCUT2D eigenvalue weighted by atomic mass is 10.2. The first kappa shape index (κ1) is 17.7. The molecule has 0 fully saturated rings. The van der Waals surface area contributed by atoms with Gasteiger partial charge in [-0.15, -0.1) is 0 Å². The molecule has 3 aromatic rings. The number of carboxylic acid groups (broad SMARTS) is 1. The number of carboxylic acids is 1. The van der Waals surface area contributed by atoms with Crippen molar-refractivity contribution in [2.45, 2.75) is 0 Å². The summed E-state index contributed by atoms with van der Waals surface area (Å²) in [6, 6.07) is 13.9. The average Bonchev–Trinajstić information content (AvgIpc) is 2.64. The molecule has 3 rings (SSSR count). The normalized spacial score (nSPS) is 9.48. The van der Waals surface area contributed by atoms with Crippen LogP contribution >= 0.6 is 0 Å². The Kier molecular flexibility index (Phi) is 6.30. The maximum atomic E-state index is 10.1. The second-order valence-electron chi connectivity index (χ2n) is 4.80. The quantitative estimate of drug-likeness (QED) is 0.626. The van der Waals surface area contributed by atoms with Crippen LogP contribution in [0, 0.1) is 0 Å². The molecule has 0 spiro atoms. The second kappa shape index (κ2) is 8.88. The molecule has 7 heteroatoms. The Morgan fingerprint density at radius 1 is 1.08 bits per heavy atom. The number of nitrogens with zero attached hydrogens (tertiary/aromatic N) is 2. The molecule has 7 nitrogen and oxygen atoms in total. The molecule has 0 amide bonds. The number of nitrogen functional groups attached to an aromatic ring is 1. The van der Waals surface area contributed by atoms with Crippen molar-refractivity contribution < 1.29 is 14.6 Å². The lowest BCUT2D eigenvalue weighted by Crippen LogP contribution is -1.97. The van der Waals surface area contributed by atoms with Crippen LogP contribution in [0.4, 0.5) is 11.4 Å². The summed E-state index contributed by atoms with van der Waals surface area (Å²) in [6.45, 7) is 0. The summed E-state index contributed by atoms with van der Waals surface area (Å²) < 4.78 is 5.61. The minimum absolute atomic E-state index is 0.0810. The fourth-order valence-electron chi connectivity index (χ4n) is 1.86. The number of carbonyl (C=O) groups is 1. The number of ether oxygens (including phenoxy) is 1. The number of hydrogen-bond donors (Lipinski definition) is 3. The van der Waals surface area contributed by atoms with Gasteiger partial charge in [-0.3, -0.25) is 4.98 Å². The lowest BCUT2D eigenvalue weighted by molar-refractivity contribution is 0.0690. The van der Waals surface area contributed by atoms with Crippen LogP contribution in [0.3, 0.4) is 0 Å². The lowest BCUT2D eigenvalue weighted by Gasteiger charge is -2.08. The number of benzene rings is 1. The molecule has 128 valence electrons. The number of nitrogens with two attached hydrogens (primary N) is 1. The summed E-state index contributed by atoms with van der Waals surface area (Å²) in [5.41, 5.74) is 7.46. The third kappa shape index (κ3) is 5.51. The Hall–Kier alpha value is -3.61. The Balaban J connectivity index is 0.000000212. The smallest absolute Gasteiger partial charge is 0.354 e. The highest BCUT2D eigenvalue weighted by atomic mass is 16.5. The fraction of sp³-hybridized carbons (Fsp3) is 0.0556. The first-order valence-electron chi connectivity index (χ1n) is 7.39. The minimum atomic E-state index is -0.990. The molecule has 2 heterocycles. The van der Waals surface area contributed by atoms with Gasteiger partial charge in [0.15, 0.2) is 0 Å². The molecule has 0 aliphatic heterocycles. The molecule has 0 radical (unpaired) electrons. The number of anilines is 2. The van der Waals surface area contributed by atoms with Gasteiger partial charge in [0.2, 0.25) is 0 Å². The molecular formula is C18H18N4O3. The van der Waals surface area contributed by atoms with Gasteiger partial charge in [-0.25, -0.2) is 9.78 Å². The van der Waals surface area contributed by atoms with Gasteiger partial charge in [0.05, 0.1) is 11.4 Å². The van der Waals surface area contributed by atoms with Gasteiger partial charge < -0.3 is 20.9 Å². The van der Waals surface area contributed by atoms with Crippen LogP contribution in [-0.2, 0) is 0 Å². The van der Waals surface area contributed by atoms with E-state index >= 15 is 0 Å². The number of aromatic carboxylic acids is 1. The van der Waals surface area contributed by atoms with E-state index in [0.29, 0.717) is 11.4 Å². The molecular weight excluding hydrogens is 320 g/mol. The predicted molar refractivity (Wildman–Crippen MR) is 95.9 cm³/mol. The number of hydrogen-bond acceptors (Lipinski definition) is 6. The summed E-state index contributed by atoms with van der Waals surface area (Å²) in [7, 11) is 1.83. The zero-order chi connectivity index (χ0) is 18.1. The Labute approximate surface area is 145 Å². The Morgan fingerprint density at radius 3 is 2.36 bits per heavy atom. The molecule has 0 saturated carbocycles. The third-order valence-electron chi connectivity index (χ3n) is 3.06. The van der Waals surface area contributed by atoms with E-state index in [-0.39, 0.29) is 5.69 Å². The summed E-state index contributed by atoms with van der Waals surface area (Å²) in [6.07, 6.45) is 4.81. The van der Waals surface area contributed by atoms with Crippen LogP contribution < -0.4 is 15.8 Å². The first-order valence-corrected chi connectivity index (χ1v) is 7.39. The molecule has 0 saturated heterocycles. The van der Waals surface area contributed by atoms with Gasteiger partial charge in [0, 0.05) is 31.7 Å². The predicted octanol–water partition coefficient (Wildman–Crippen LogP) is 3.28. The van der Waals surface area contributed by atoms with Crippen LogP contribution in [-0.4, -0.2) is 28.1 Å². The number of aromatic nitrogens is 2. The summed E-state index contributed by atoms with van der Waals surface area (Å²) >= 11 is 0. The third-order valence-corrected chi connectivity index (χ3v) is 3.06. The van der Waals surface area contributed by atoms with Crippen molar-refractivity contribution in [2.75, 3.05) is 18.1 Å². The standard InChI is InChI=1S/C12H13N3O.C6H5NO2/c1-14-12-3-2-10(8-11(12)13)16-9-4-6-15-7-5-9;8-6(9)5-3-1-2-4-7-5/h2-8,14H,13H2,1H3;1-4H,(H,8,9). The van der Waals surface area contributed by atoms with E-state index < -0.39 is 5.97 Å². The van der Waals surface area contributed by atoms with Crippen LogP contribution in [0.5, 0.6) is 11.5 Å².